The molecular formula is C21H25N3O2. The van der Waals surface area contributed by atoms with Crippen molar-refractivity contribution in [1.82, 2.24) is 9.88 Å². The number of nitrogens with one attached hydrogen (secondary N) is 1. The third kappa shape index (κ3) is 3.73. The number of ether oxygens (including phenoxy) is 1. The summed E-state index contributed by atoms with van der Waals surface area (Å²) in [6, 6.07) is 15.4. The van der Waals surface area contributed by atoms with E-state index in [2.05, 4.69) is 10.3 Å². The Labute approximate surface area is 154 Å². The van der Waals surface area contributed by atoms with E-state index in [1.165, 1.54) is 0 Å². The van der Waals surface area contributed by atoms with E-state index < -0.39 is 0 Å². The van der Waals surface area contributed by atoms with Gasteiger partial charge in [-0.2, -0.15) is 0 Å². The van der Waals surface area contributed by atoms with E-state index in [-0.39, 0.29) is 17.6 Å². The van der Waals surface area contributed by atoms with Crippen molar-refractivity contribution in [2.75, 3.05) is 25.0 Å². The molecule has 2 fully saturated rings. The molecule has 1 aromatic carbocycles. The van der Waals surface area contributed by atoms with Crippen molar-refractivity contribution in [3.8, 4) is 0 Å². The molecule has 2 aromatic rings. The number of carbonyl (C=O) groups excluding carboxylic acids is 1. The van der Waals surface area contributed by atoms with Crippen LogP contribution in [0.4, 0.5) is 5.82 Å². The van der Waals surface area contributed by atoms with Gasteiger partial charge in [0.05, 0.1) is 18.2 Å². The normalized spacial score (nSPS) is 25.4. The fraction of sp³-hybridized carbons (Fsp3) is 0.429. The second-order valence-corrected chi connectivity index (χ2v) is 7.25. The first-order valence-electron chi connectivity index (χ1n) is 9.41. The maximum Gasteiger partial charge on any atom is 0.253 e. The molecule has 0 radical (unpaired) electrons. The molecule has 1 aromatic heterocycles. The largest absolute Gasteiger partial charge is 0.368 e. The Morgan fingerprint density at radius 3 is 2.85 bits per heavy atom. The molecule has 1 amide bonds. The first-order chi connectivity index (χ1) is 12.7. The number of pyridine rings is 1. The molecule has 1 N–H and O–H groups in total. The Balaban J connectivity index is 1.36. The highest BCUT2D eigenvalue weighted by molar-refractivity contribution is 5.94. The highest BCUT2D eigenvalue weighted by atomic mass is 16.5. The zero-order valence-corrected chi connectivity index (χ0v) is 14.9. The minimum atomic E-state index is -0.181. The van der Waals surface area contributed by atoms with Gasteiger partial charge in [0.2, 0.25) is 0 Å². The summed E-state index contributed by atoms with van der Waals surface area (Å²) in [4.78, 5) is 19.0. The SMILES string of the molecule is O=C(c1ccccc1)N1CC[C@]2(CCC[C@@H](CNc3ccccn3)O2)C1. The van der Waals surface area contributed by atoms with E-state index >= 15 is 0 Å². The minimum absolute atomic E-state index is 0.111. The first-order valence-corrected chi connectivity index (χ1v) is 9.41. The topological polar surface area (TPSA) is 54.5 Å². The third-order valence-electron chi connectivity index (χ3n) is 5.38. The summed E-state index contributed by atoms with van der Waals surface area (Å²) in [6.45, 7) is 2.22. The highest BCUT2D eigenvalue weighted by Gasteiger charge is 2.44. The smallest absolute Gasteiger partial charge is 0.253 e. The molecule has 0 bridgehead atoms. The van der Waals surface area contributed by atoms with Crippen LogP contribution in [0.25, 0.3) is 0 Å². The number of rotatable bonds is 4. The van der Waals surface area contributed by atoms with E-state index in [1.807, 2.05) is 53.4 Å². The molecular weight excluding hydrogens is 326 g/mol. The van der Waals surface area contributed by atoms with Gasteiger partial charge in [-0.15, -0.1) is 0 Å². The van der Waals surface area contributed by atoms with E-state index in [0.29, 0.717) is 6.54 Å². The van der Waals surface area contributed by atoms with E-state index in [1.54, 1.807) is 6.20 Å². The average Bonchev–Trinajstić information content (AvgIpc) is 3.10. The van der Waals surface area contributed by atoms with Crippen molar-refractivity contribution < 1.29 is 9.53 Å². The number of hydrogen-bond acceptors (Lipinski definition) is 4. The van der Waals surface area contributed by atoms with Crippen molar-refractivity contribution in [3.63, 3.8) is 0 Å². The Kier molecular flexibility index (Phi) is 4.89. The molecule has 3 heterocycles. The van der Waals surface area contributed by atoms with Crippen LogP contribution in [0.3, 0.4) is 0 Å². The predicted molar refractivity (Wildman–Crippen MR) is 101 cm³/mol. The van der Waals surface area contributed by atoms with Crippen molar-refractivity contribution in [2.24, 2.45) is 0 Å². The quantitative estimate of drug-likeness (QED) is 0.918. The number of carbonyl (C=O) groups is 1. The van der Waals surface area contributed by atoms with Crippen LogP contribution < -0.4 is 5.32 Å². The first kappa shape index (κ1) is 17.0. The fourth-order valence-corrected chi connectivity index (χ4v) is 4.03. The lowest BCUT2D eigenvalue weighted by Crippen LogP contribution is -2.45. The van der Waals surface area contributed by atoms with Gasteiger partial charge in [-0.1, -0.05) is 24.3 Å². The van der Waals surface area contributed by atoms with Crippen LogP contribution in [0.5, 0.6) is 0 Å². The molecule has 0 saturated carbocycles. The van der Waals surface area contributed by atoms with Crippen molar-refractivity contribution >= 4 is 11.7 Å². The number of aromatic nitrogens is 1. The van der Waals surface area contributed by atoms with Gasteiger partial charge in [-0.05, 0) is 49.9 Å². The fourth-order valence-electron chi connectivity index (χ4n) is 4.03. The van der Waals surface area contributed by atoms with Gasteiger partial charge < -0.3 is 15.0 Å². The summed E-state index contributed by atoms with van der Waals surface area (Å²) in [7, 11) is 0. The number of hydrogen-bond donors (Lipinski definition) is 1. The summed E-state index contributed by atoms with van der Waals surface area (Å²) in [5, 5.41) is 3.36. The maximum atomic E-state index is 12.7. The third-order valence-corrected chi connectivity index (χ3v) is 5.38. The van der Waals surface area contributed by atoms with Crippen molar-refractivity contribution in [2.45, 2.75) is 37.4 Å². The second kappa shape index (κ2) is 7.46. The summed E-state index contributed by atoms with van der Waals surface area (Å²) in [5.41, 5.74) is 0.577. The molecule has 2 aliphatic rings. The summed E-state index contributed by atoms with van der Waals surface area (Å²) >= 11 is 0. The molecule has 2 atom stereocenters. The molecule has 5 heteroatoms. The summed E-state index contributed by atoms with van der Waals surface area (Å²) < 4.78 is 6.49. The molecule has 4 rings (SSSR count). The molecule has 26 heavy (non-hydrogen) atoms. The van der Waals surface area contributed by atoms with Crippen LogP contribution >= 0.6 is 0 Å². The molecule has 2 aliphatic heterocycles. The van der Waals surface area contributed by atoms with Gasteiger partial charge >= 0.3 is 0 Å². The van der Waals surface area contributed by atoms with Gasteiger partial charge in [0.25, 0.3) is 5.91 Å². The van der Waals surface area contributed by atoms with Gasteiger partial charge in [0.1, 0.15) is 5.82 Å². The van der Waals surface area contributed by atoms with Crippen molar-refractivity contribution in [3.05, 3.63) is 60.3 Å². The minimum Gasteiger partial charge on any atom is -0.368 e. The average molecular weight is 351 g/mol. The molecule has 5 nitrogen and oxygen atoms in total. The van der Waals surface area contributed by atoms with Crippen LogP contribution in [0.2, 0.25) is 0 Å². The number of nitrogens with zero attached hydrogens (tertiary/aromatic N) is 2. The van der Waals surface area contributed by atoms with Crippen molar-refractivity contribution in [1.29, 1.82) is 0 Å². The zero-order chi connectivity index (χ0) is 17.8. The maximum absolute atomic E-state index is 12.7. The Morgan fingerprint density at radius 1 is 1.19 bits per heavy atom. The lowest BCUT2D eigenvalue weighted by Gasteiger charge is -2.38. The standard InChI is InChI=1S/C21H25N3O2/c25-20(17-7-2-1-3-8-17)24-14-12-21(16-24)11-6-9-18(26-21)15-23-19-10-4-5-13-22-19/h1-5,7-8,10,13,18H,6,9,11-12,14-16H2,(H,22,23)/t18-,21+/m0/s1. The van der Waals surface area contributed by atoms with Crippen LogP contribution in [0.15, 0.2) is 54.7 Å². The number of amides is 1. The highest BCUT2D eigenvalue weighted by Crippen LogP contribution is 2.37. The van der Waals surface area contributed by atoms with Crippen LogP contribution in [-0.4, -0.2) is 47.1 Å². The van der Waals surface area contributed by atoms with E-state index in [4.69, 9.17) is 4.74 Å². The van der Waals surface area contributed by atoms with E-state index in [9.17, 15) is 4.79 Å². The Bertz CT molecular complexity index is 737. The molecule has 0 aliphatic carbocycles. The zero-order valence-electron chi connectivity index (χ0n) is 14.9. The van der Waals surface area contributed by atoms with Gasteiger partial charge in [-0.25, -0.2) is 4.98 Å². The van der Waals surface area contributed by atoms with Gasteiger partial charge in [0, 0.05) is 24.8 Å². The van der Waals surface area contributed by atoms with Crippen LogP contribution in [-0.2, 0) is 4.74 Å². The Hall–Kier alpha value is -2.40. The van der Waals surface area contributed by atoms with Gasteiger partial charge in [-0.3, -0.25) is 4.79 Å². The molecule has 1 spiro atoms. The number of benzene rings is 1. The lowest BCUT2D eigenvalue weighted by atomic mass is 9.90. The predicted octanol–water partition coefficient (Wildman–Crippen LogP) is 3.35. The van der Waals surface area contributed by atoms with E-state index in [0.717, 1.165) is 50.2 Å². The lowest BCUT2D eigenvalue weighted by molar-refractivity contribution is -0.114. The molecule has 0 unspecified atom stereocenters. The Morgan fingerprint density at radius 2 is 2.04 bits per heavy atom. The van der Waals surface area contributed by atoms with Crippen LogP contribution in [0.1, 0.15) is 36.0 Å². The number of anilines is 1. The second-order valence-electron chi connectivity index (χ2n) is 7.25. The van der Waals surface area contributed by atoms with Gasteiger partial charge in [0.15, 0.2) is 0 Å². The monoisotopic (exact) mass is 351 g/mol. The van der Waals surface area contributed by atoms with Crippen LogP contribution in [0, 0.1) is 0 Å². The summed E-state index contributed by atoms with van der Waals surface area (Å²) in [5.74, 6) is 0.989. The molecule has 2 saturated heterocycles. The number of likely N-dealkylation sites (tertiary alicyclic amines) is 1. The molecule has 136 valence electrons. The summed E-state index contributed by atoms with van der Waals surface area (Å²) in [6.07, 6.45) is 6.10.